The quantitative estimate of drug-likeness (QED) is 0.664. The highest BCUT2D eigenvalue weighted by molar-refractivity contribution is 6.30. The minimum atomic E-state index is -0.642. The van der Waals surface area contributed by atoms with E-state index in [4.69, 9.17) is 20.9 Å². The maximum atomic E-state index is 12.3. The molecule has 1 amide bonds. The van der Waals surface area contributed by atoms with Gasteiger partial charge in [-0.15, -0.1) is 0 Å². The van der Waals surface area contributed by atoms with E-state index in [1.807, 2.05) is 31.2 Å². The summed E-state index contributed by atoms with van der Waals surface area (Å²) in [5, 5.41) is 7.30. The van der Waals surface area contributed by atoms with Gasteiger partial charge in [0, 0.05) is 10.6 Å². The summed E-state index contributed by atoms with van der Waals surface area (Å²) in [5.74, 6) is 1.21. The van der Waals surface area contributed by atoms with Gasteiger partial charge in [-0.05, 0) is 49.2 Å². The average Bonchev–Trinajstić information content (AvgIpc) is 3.16. The number of nitrogens with zero attached hydrogens (tertiary/aromatic N) is 2. The van der Waals surface area contributed by atoms with Gasteiger partial charge in [-0.2, -0.15) is 4.98 Å². The molecule has 1 aromatic heterocycles. The first-order valence-corrected chi connectivity index (χ1v) is 9.05. The number of rotatable bonds is 7. The summed E-state index contributed by atoms with van der Waals surface area (Å²) < 4.78 is 11.0. The van der Waals surface area contributed by atoms with Gasteiger partial charge in [0.2, 0.25) is 11.7 Å². The molecule has 7 heteroatoms. The minimum Gasteiger partial charge on any atom is -0.481 e. The molecule has 0 bridgehead atoms. The fourth-order valence-electron chi connectivity index (χ4n) is 2.50. The topological polar surface area (TPSA) is 77.2 Å². The summed E-state index contributed by atoms with van der Waals surface area (Å²) in [4.78, 5) is 16.6. The summed E-state index contributed by atoms with van der Waals surface area (Å²) >= 11 is 5.87. The number of amides is 1. The van der Waals surface area contributed by atoms with Crippen LogP contribution in [0.1, 0.15) is 25.3 Å². The number of aromatic nitrogens is 2. The first kappa shape index (κ1) is 18.9. The van der Waals surface area contributed by atoms with Crippen LogP contribution in [0.2, 0.25) is 5.02 Å². The molecule has 0 fully saturated rings. The van der Waals surface area contributed by atoms with Gasteiger partial charge in [-0.1, -0.05) is 41.9 Å². The number of carbonyl (C=O) groups excluding carboxylic acids is 1. The SMILES string of the molecule is CCc1ccccc1OC(C)C(=O)NCc1nc(-c2ccc(Cl)cc2)no1. The number of aryl methyl sites for hydroxylation is 1. The number of hydrogen-bond acceptors (Lipinski definition) is 5. The van der Waals surface area contributed by atoms with Crippen molar-refractivity contribution in [3.05, 3.63) is 65.0 Å². The van der Waals surface area contributed by atoms with E-state index in [1.165, 1.54) is 0 Å². The van der Waals surface area contributed by atoms with Crippen molar-refractivity contribution < 1.29 is 14.1 Å². The smallest absolute Gasteiger partial charge is 0.261 e. The van der Waals surface area contributed by atoms with E-state index < -0.39 is 6.10 Å². The number of nitrogens with one attached hydrogen (secondary N) is 1. The highest BCUT2D eigenvalue weighted by Gasteiger charge is 2.17. The molecule has 1 N–H and O–H groups in total. The van der Waals surface area contributed by atoms with Crippen molar-refractivity contribution in [1.29, 1.82) is 0 Å². The number of benzene rings is 2. The van der Waals surface area contributed by atoms with Gasteiger partial charge in [0.05, 0.1) is 6.54 Å². The van der Waals surface area contributed by atoms with Crippen LogP contribution in [-0.4, -0.2) is 22.2 Å². The molecule has 0 saturated heterocycles. The largest absolute Gasteiger partial charge is 0.481 e. The molecule has 6 nitrogen and oxygen atoms in total. The summed E-state index contributed by atoms with van der Waals surface area (Å²) in [7, 11) is 0. The predicted molar refractivity (Wildman–Crippen MR) is 103 cm³/mol. The zero-order valence-corrected chi connectivity index (χ0v) is 15.9. The summed E-state index contributed by atoms with van der Waals surface area (Å²) in [5.41, 5.74) is 1.84. The number of ether oxygens (including phenoxy) is 1. The third kappa shape index (κ3) is 4.86. The molecule has 3 rings (SSSR count). The Morgan fingerprint density at radius 1 is 1.22 bits per heavy atom. The molecule has 27 heavy (non-hydrogen) atoms. The molecule has 3 aromatic rings. The van der Waals surface area contributed by atoms with Crippen LogP contribution in [0, 0.1) is 0 Å². The summed E-state index contributed by atoms with van der Waals surface area (Å²) in [6.45, 7) is 3.87. The Morgan fingerprint density at radius 3 is 2.70 bits per heavy atom. The van der Waals surface area contributed by atoms with Gasteiger partial charge in [-0.3, -0.25) is 4.79 Å². The second kappa shape index (κ2) is 8.68. The van der Waals surface area contributed by atoms with Crippen molar-refractivity contribution in [3.8, 4) is 17.1 Å². The molecule has 1 heterocycles. The molecule has 0 radical (unpaired) electrons. The molecular weight excluding hydrogens is 366 g/mol. The second-order valence-electron chi connectivity index (χ2n) is 5.96. The van der Waals surface area contributed by atoms with Crippen molar-refractivity contribution in [3.63, 3.8) is 0 Å². The molecule has 140 valence electrons. The van der Waals surface area contributed by atoms with Crippen molar-refractivity contribution in [1.82, 2.24) is 15.5 Å². The normalized spacial score (nSPS) is 11.8. The Bertz CT molecular complexity index is 909. The van der Waals surface area contributed by atoms with Crippen LogP contribution in [0.4, 0.5) is 0 Å². The third-order valence-corrected chi connectivity index (χ3v) is 4.26. The lowest BCUT2D eigenvalue weighted by molar-refractivity contribution is -0.127. The molecular formula is C20H20ClN3O3. The molecule has 2 aromatic carbocycles. The second-order valence-corrected chi connectivity index (χ2v) is 6.39. The summed E-state index contributed by atoms with van der Waals surface area (Å²) in [6.07, 6.45) is 0.191. The van der Waals surface area contributed by atoms with Crippen LogP contribution in [0.5, 0.6) is 5.75 Å². The molecule has 0 saturated carbocycles. The van der Waals surface area contributed by atoms with Crippen LogP contribution in [0.25, 0.3) is 11.4 Å². The Morgan fingerprint density at radius 2 is 1.96 bits per heavy atom. The van der Waals surface area contributed by atoms with Gasteiger partial charge in [-0.25, -0.2) is 0 Å². The fraction of sp³-hybridized carbons (Fsp3) is 0.250. The van der Waals surface area contributed by atoms with Crippen LogP contribution < -0.4 is 10.1 Å². The third-order valence-electron chi connectivity index (χ3n) is 4.01. The van der Waals surface area contributed by atoms with Gasteiger partial charge in [0.15, 0.2) is 6.10 Å². The van der Waals surface area contributed by atoms with Gasteiger partial charge in [0.1, 0.15) is 5.75 Å². The minimum absolute atomic E-state index is 0.128. The zero-order chi connectivity index (χ0) is 19.2. The van der Waals surface area contributed by atoms with Crippen molar-refractivity contribution >= 4 is 17.5 Å². The monoisotopic (exact) mass is 385 g/mol. The molecule has 0 aliphatic carbocycles. The van der Waals surface area contributed by atoms with Crippen molar-refractivity contribution in [2.75, 3.05) is 0 Å². The Hall–Kier alpha value is -2.86. The van der Waals surface area contributed by atoms with Crippen LogP contribution >= 0.6 is 11.6 Å². The van der Waals surface area contributed by atoms with E-state index in [2.05, 4.69) is 15.5 Å². The molecule has 0 aliphatic rings. The van der Waals surface area contributed by atoms with Gasteiger partial charge >= 0.3 is 0 Å². The standard InChI is InChI=1S/C20H20ClN3O3/c1-3-14-6-4-5-7-17(14)26-13(2)20(25)22-12-18-23-19(24-27-18)15-8-10-16(21)11-9-15/h4-11,13H,3,12H2,1-2H3,(H,22,25). The molecule has 0 aliphatic heterocycles. The lowest BCUT2D eigenvalue weighted by Crippen LogP contribution is -2.36. The molecule has 0 spiro atoms. The Kier molecular flexibility index (Phi) is 6.08. The van der Waals surface area contributed by atoms with Crippen molar-refractivity contribution in [2.45, 2.75) is 32.9 Å². The summed E-state index contributed by atoms with van der Waals surface area (Å²) in [6, 6.07) is 14.8. The van der Waals surface area contributed by atoms with E-state index in [0.29, 0.717) is 22.5 Å². The van der Waals surface area contributed by atoms with Crippen LogP contribution in [-0.2, 0) is 17.8 Å². The zero-order valence-electron chi connectivity index (χ0n) is 15.1. The van der Waals surface area contributed by atoms with Gasteiger partial charge in [0.25, 0.3) is 5.91 Å². The van der Waals surface area contributed by atoms with E-state index in [0.717, 1.165) is 17.5 Å². The van der Waals surface area contributed by atoms with Gasteiger partial charge < -0.3 is 14.6 Å². The molecule has 1 unspecified atom stereocenters. The van der Waals surface area contributed by atoms with E-state index in [9.17, 15) is 4.79 Å². The average molecular weight is 386 g/mol. The predicted octanol–water partition coefficient (Wildman–Crippen LogP) is 4.04. The first-order chi connectivity index (χ1) is 13.1. The van der Waals surface area contributed by atoms with E-state index in [-0.39, 0.29) is 12.5 Å². The van der Waals surface area contributed by atoms with E-state index in [1.54, 1.807) is 31.2 Å². The molecule has 1 atom stereocenters. The highest BCUT2D eigenvalue weighted by Crippen LogP contribution is 2.20. The lowest BCUT2D eigenvalue weighted by atomic mass is 10.1. The van der Waals surface area contributed by atoms with E-state index >= 15 is 0 Å². The number of hydrogen-bond donors (Lipinski definition) is 1. The van der Waals surface area contributed by atoms with Crippen LogP contribution in [0.15, 0.2) is 53.1 Å². The van der Waals surface area contributed by atoms with Crippen molar-refractivity contribution in [2.24, 2.45) is 0 Å². The maximum Gasteiger partial charge on any atom is 0.261 e. The fourth-order valence-corrected chi connectivity index (χ4v) is 2.63. The number of carbonyl (C=O) groups is 1. The lowest BCUT2D eigenvalue weighted by Gasteiger charge is -2.16. The Labute approximate surface area is 162 Å². The maximum absolute atomic E-state index is 12.3. The highest BCUT2D eigenvalue weighted by atomic mass is 35.5. The number of para-hydroxylation sites is 1. The van der Waals surface area contributed by atoms with Crippen LogP contribution in [0.3, 0.4) is 0 Å². The first-order valence-electron chi connectivity index (χ1n) is 8.67. The Balaban J connectivity index is 1.56. The number of halogens is 1.